The topological polar surface area (TPSA) is 0 Å². The second-order valence-electron chi connectivity index (χ2n) is 1.99. The summed E-state index contributed by atoms with van der Waals surface area (Å²) in [4.78, 5) is 0. The number of hydrogen-bond donors (Lipinski definition) is 0. The Morgan fingerprint density at radius 3 is 2.56 bits per heavy atom. The number of rotatable bonds is 5. The largest absolute Gasteiger partial charge is 0.103 e. The van der Waals surface area contributed by atoms with Crippen molar-refractivity contribution in [3.05, 3.63) is 31.7 Å². The molecule has 0 aliphatic heterocycles. The van der Waals surface area contributed by atoms with Gasteiger partial charge in [0.2, 0.25) is 0 Å². The predicted molar refractivity (Wildman–Crippen MR) is 43.2 cm³/mol. The first kappa shape index (κ1) is 8.48. The smallest absolute Gasteiger partial charge is 0.0172 e. The Hall–Kier alpha value is -0.520. The van der Waals surface area contributed by atoms with Crippen LogP contribution in [0.15, 0.2) is 24.8 Å². The second-order valence-corrected chi connectivity index (χ2v) is 1.99. The monoisotopic (exact) mass is 123 g/mol. The van der Waals surface area contributed by atoms with Gasteiger partial charge in [0.25, 0.3) is 0 Å². The van der Waals surface area contributed by atoms with Crippen LogP contribution in [0.25, 0.3) is 0 Å². The lowest BCUT2D eigenvalue weighted by molar-refractivity contribution is 0.864. The van der Waals surface area contributed by atoms with E-state index >= 15 is 0 Å². The van der Waals surface area contributed by atoms with Gasteiger partial charge in [0.05, 0.1) is 0 Å². The third kappa shape index (κ3) is 7.48. The molecule has 0 N–H and O–H groups in total. The number of hydrogen-bond acceptors (Lipinski definition) is 0. The van der Waals surface area contributed by atoms with Gasteiger partial charge in [0.1, 0.15) is 0 Å². The van der Waals surface area contributed by atoms with Gasteiger partial charge in [0.15, 0.2) is 0 Å². The van der Waals surface area contributed by atoms with Crippen LogP contribution in [0.1, 0.15) is 25.7 Å². The molecule has 9 heavy (non-hydrogen) atoms. The van der Waals surface area contributed by atoms with Gasteiger partial charge >= 0.3 is 0 Å². The normalized spacial score (nSPS) is 10.3. The van der Waals surface area contributed by atoms with Gasteiger partial charge in [-0.3, -0.25) is 0 Å². The summed E-state index contributed by atoms with van der Waals surface area (Å²) < 4.78 is 0. The molecule has 0 amide bonds. The Bertz CT molecular complexity index is 80.0. The van der Waals surface area contributed by atoms with Crippen molar-refractivity contribution in [2.45, 2.75) is 25.7 Å². The fourth-order valence-electron chi connectivity index (χ4n) is 0.572. The van der Waals surface area contributed by atoms with Crippen LogP contribution in [-0.2, 0) is 0 Å². The molecule has 0 aliphatic carbocycles. The molecule has 0 aromatic carbocycles. The maximum atomic E-state index is 3.75. The molecule has 0 bridgehead atoms. The molecule has 0 heteroatoms. The van der Waals surface area contributed by atoms with E-state index in [2.05, 4.69) is 25.7 Å². The van der Waals surface area contributed by atoms with E-state index in [1.165, 1.54) is 6.42 Å². The van der Waals surface area contributed by atoms with Crippen LogP contribution in [0.3, 0.4) is 0 Å². The molecular formula is C9H15. The fraction of sp³-hybridized carbons (Fsp3) is 0.444. The van der Waals surface area contributed by atoms with Gasteiger partial charge in [-0.25, -0.2) is 0 Å². The zero-order valence-electron chi connectivity index (χ0n) is 5.97. The average molecular weight is 123 g/mol. The van der Waals surface area contributed by atoms with Crippen LogP contribution in [0.2, 0.25) is 0 Å². The van der Waals surface area contributed by atoms with Crippen molar-refractivity contribution >= 4 is 0 Å². The summed E-state index contributed by atoms with van der Waals surface area (Å²) in [5.41, 5.74) is 0. The number of allylic oxidation sites excluding steroid dienone is 3. The van der Waals surface area contributed by atoms with E-state index in [-0.39, 0.29) is 0 Å². The molecule has 0 heterocycles. The SMILES string of the molecule is [CH2]CCCC=CCC=C. The highest BCUT2D eigenvalue weighted by atomic mass is 13.8. The van der Waals surface area contributed by atoms with Crippen molar-refractivity contribution in [2.75, 3.05) is 0 Å². The minimum atomic E-state index is 0.997. The van der Waals surface area contributed by atoms with Crippen LogP contribution in [0, 0.1) is 6.92 Å². The second kappa shape index (κ2) is 7.48. The average Bonchev–Trinajstić information content (AvgIpc) is 1.89. The standard InChI is InChI=1S/C9H15/c1-3-5-7-9-8-6-4-2/h3,7,9H,1-2,4-6,8H2. The van der Waals surface area contributed by atoms with Gasteiger partial charge in [-0.1, -0.05) is 31.6 Å². The first-order valence-electron chi connectivity index (χ1n) is 3.47. The van der Waals surface area contributed by atoms with Crippen LogP contribution in [0.4, 0.5) is 0 Å². The maximum absolute atomic E-state index is 3.75. The lowest BCUT2D eigenvalue weighted by Crippen LogP contribution is -1.65. The molecule has 0 saturated carbocycles. The fourth-order valence-corrected chi connectivity index (χ4v) is 0.572. The van der Waals surface area contributed by atoms with Gasteiger partial charge in [-0.15, -0.1) is 6.58 Å². The van der Waals surface area contributed by atoms with Crippen molar-refractivity contribution in [3.8, 4) is 0 Å². The van der Waals surface area contributed by atoms with Crippen molar-refractivity contribution < 1.29 is 0 Å². The summed E-state index contributed by atoms with van der Waals surface area (Å²) in [6.07, 6.45) is 10.6. The van der Waals surface area contributed by atoms with Crippen LogP contribution in [0.5, 0.6) is 0 Å². The van der Waals surface area contributed by atoms with Gasteiger partial charge in [-0.2, -0.15) is 0 Å². The van der Waals surface area contributed by atoms with E-state index in [0.29, 0.717) is 0 Å². The maximum Gasteiger partial charge on any atom is -0.0172 e. The van der Waals surface area contributed by atoms with E-state index in [1.54, 1.807) is 0 Å². The highest BCUT2D eigenvalue weighted by molar-refractivity contribution is 4.87. The molecule has 0 nitrogen and oxygen atoms in total. The van der Waals surface area contributed by atoms with Crippen LogP contribution >= 0.6 is 0 Å². The molecule has 0 saturated heterocycles. The Balaban J connectivity index is 2.94. The van der Waals surface area contributed by atoms with E-state index < -0.39 is 0 Å². The zero-order valence-corrected chi connectivity index (χ0v) is 5.97. The molecule has 0 aromatic heterocycles. The summed E-state index contributed by atoms with van der Waals surface area (Å²) in [5.74, 6) is 0. The van der Waals surface area contributed by atoms with E-state index in [0.717, 1.165) is 19.3 Å². The molecule has 0 rings (SSSR count). The quantitative estimate of drug-likeness (QED) is 0.389. The summed E-state index contributed by atoms with van der Waals surface area (Å²) in [6, 6.07) is 0. The Labute approximate surface area is 58.3 Å². The Morgan fingerprint density at radius 2 is 2.00 bits per heavy atom. The molecule has 0 atom stereocenters. The molecule has 1 radical (unpaired) electrons. The Morgan fingerprint density at radius 1 is 1.22 bits per heavy atom. The highest BCUT2D eigenvalue weighted by Gasteiger charge is 1.75. The highest BCUT2D eigenvalue weighted by Crippen LogP contribution is 1.95. The lowest BCUT2D eigenvalue weighted by Gasteiger charge is -1.85. The summed E-state index contributed by atoms with van der Waals surface area (Å²) >= 11 is 0. The molecule has 51 valence electrons. The van der Waals surface area contributed by atoms with Crippen molar-refractivity contribution in [2.24, 2.45) is 0 Å². The van der Waals surface area contributed by atoms with Crippen molar-refractivity contribution in [1.29, 1.82) is 0 Å². The first-order chi connectivity index (χ1) is 4.41. The van der Waals surface area contributed by atoms with Crippen molar-refractivity contribution in [3.63, 3.8) is 0 Å². The molecule has 0 fully saturated rings. The Kier molecular flexibility index (Phi) is 7.05. The summed E-state index contributed by atoms with van der Waals surface area (Å²) in [7, 11) is 0. The van der Waals surface area contributed by atoms with Crippen molar-refractivity contribution in [1.82, 2.24) is 0 Å². The van der Waals surface area contributed by atoms with Crippen LogP contribution in [-0.4, -0.2) is 0 Å². The summed E-state index contributed by atoms with van der Waals surface area (Å²) in [5, 5.41) is 0. The first-order valence-corrected chi connectivity index (χ1v) is 3.47. The molecule has 0 unspecified atom stereocenters. The summed E-state index contributed by atoms with van der Waals surface area (Å²) in [6.45, 7) is 7.36. The van der Waals surface area contributed by atoms with Gasteiger partial charge < -0.3 is 0 Å². The van der Waals surface area contributed by atoms with Gasteiger partial charge in [0, 0.05) is 0 Å². The van der Waals surface area contributed by atoms with Gasteiger partial charge in [-0.05, 0) is 19.3 Å². The van der Waals surface area contributed by atoms with E-state index in [4.69, 9.17) is 0 Å². The molecule has 0 aromatic rings. The predicted octanol–water partition coefficient (Wildman–Crippen LogP) is 3.12. The minimum Gasteiger partial charge on any atom is -0.103 e. The lowest BCUT2D eigenvalue weighted by atomic mass is 10.2. The third-order valence-corrected chi connectivity index (χ3v) is 1.09. The molecule has 0 spiro atoms. The third-order valence-electron chi connectivity index (χ3n) is 1.09. The molecule has 0 aliphatic rings. The number of unbranched alkanes of at least 4 members (excludes halogenated alkanes) is 2. The van der Waals surface area contributed by atoms with E-state index in [1.807, 2.05) is 6.08 Å². The molecular weight excluding hydrogens is 108 g/mol. The van der Waals surface area contributed by atoms with Crippen LogP contribution < -0.4 is 0 Å². The minimum absolute atomic E-state index is 0.997. The zero-order chi connectivity index (χ0) is 6.95. The van der Waals surface area contributed by atoms with E-state index in [9.17, 15) is 0 Å².